The van der Waals surface area contributed by atoms with Gasteiger partial charge in [-0.25, -0.2) is 4.98 Å². The first-order chi connectivity index (χ1) is 10.5. The molecule has 2 rings (SSSR count). The van der Waals surface area contributed by atoms with Gasteiger partial charge in [0.05, 0.1) is 12.6 Å². The number of amides is 1. The highest BCUT2D eigenvalue weighted by atomic mass is 35.5. The zero-order chi connectivity index (χ0) is 16.1. The number of aromatic nitrogens is 1. The van der Waals surface area contributed by atoms with Gasteiger partial charge in [0, 0.05) is 18.5 Å². The third-order valence-corrected chi connectivity index (χ3v) is 4.34. The number of thiazole rings is 1. The van der Waals surface area contributed by atoms with Gasteiger partial charge in [0.1, 0.15) is 10.7 Å². The van der Waals surface area contributed by atoms with Gasteiger partial charge in [-0.3, -0.25) is 4.79 Å². The average Bonchev–Trinajstić information content (AvgIpc) is 3.01. The first kappa shape index (κ1) is 19.6. The number of hydrogen-bond acceptors (Lipinski definition) is 5. The van der Waals surface area contributed by atoms with Crippen molar-refractivity contribution in [3.8, 4) is 0 Å². The second kappa shape index (κ2) is 8.98. The molecule has 0 saturated carbocycles. The Morgan fingerprint density at radius 2 is 2.04 bits per heavy atom. The summed E-state index contributed by atoms with van der Waals surface area (Å²) >= 11 is 1.38. The Morgan fingerprint density at radius 3 is 2.57 bits per heavy atom. The van der Waals surface area contributed by atoms with Crippen LogP contribution in [0.2, 0.25) is 0 Å². The number of aliphatic hydroxyl groups is 1. The molecule has 2 aromatic rings. The minimum atomic E-state index is -0.711. The zero-order valence-electron chi connectivity index (χ0n) is 13.2. The number of carbonyl (C=O) groups excluding carboxylic acids is 1. The van der Waals surface area contributed by atoms with Gasteiger partial charge in [-0.05, 0) is 19.4 Å². The maximum atomic E-state index is 12.4. The number of benzene rings is 1. The van der Waals surface area contributed by atoms with E-state index >= 15 is 0 Å². The molecule has 1 aromatic carbocycles. The van der Waals surface area contributed by atoms with Gasteiger partial charge < -0.3 is 15.7 Å². The summed E-state index contributed by atoms with van der Waals surface area (Å²) in [5, 5.41) is 12.8. The van der Waals surface area contributed by atoms with Gasteiger partial charge in [-0.15, -0.1) is 23.7 Å². The summed E-state index contributed by atoms with van der Waals surface area (Å²) in [6.07, 6.45) is -0.711. The van der Waals surface area contributed by atoms with Crippen LogP contribution in [0.5, 0.6) is 0 Å². The standard InChI is InChI=1S/C16H21N3O2S.ClH/c1-3-19(16(21)13-10-22-15(8-17)18-13)9-14(20)12-6-4-11(2)5-7-12;/h4-7,10,14,20H,3,8-9,17H2,1-2H3;1H. The number of nitrogens with two attached hydrogens (primary N) is 1. The van der Waals surface area contributed by atoms with Gasteiger partial charge in [-0.2, -0.15) is 0 Å². The summed E-state index contributed by atoms with van der Waals surface area (Å²) in [6, 6.07) is 7.66. The summed E-state index contributed by atoms with van der Waals surface area (Å²) in [7, 11) is 0. The van der Waals surface area contributed by atoms with Crippen molar-refractivity contribution in [3.05, 3.63) is 51.5 Å². The third-order valence-electron chi connectivity index (χ3n) is 3.47. The Morgan fingerprint density at radius 1 is 1.39 bits per heavy atom. The molecule has 1 amide bonds. The molecule has 1 heterocycles. The van der Waals surface area contributed by atoms with Crippen LogP contribution < -0.4 is 5.73 Å². The minimum absolute atomic E-state index is 0. The van der Waals surface area contributed by atoms with Gasteiger partial charge in [0.25, 0.3) is 5.91 Å². The number of likely N-dealkylation sites (N-methyl/N-ethyl adjacent to an activating group) is 1. The van der Waals surface area contributed by atoms with E-state index in [1.54, 1.807) is 10.3 Å². The van der Waals surface area contributed by atoms with Crippen LogP contribution in [0.3, 0.4) is 0 Å². The average molecular weight is 356 g/mol. The summed E-state index contributed by atoms with van der Waals surface area (Å²) in [5.41, 5.74) is 7.85. The molecule has 1 atom stereocenters. The monoisotopic (exact) mass is 355 g/mol. The van der Waals surface area contributed by atoms with E-state index in [4.69, 9.17) is 5.73 Å². The van der Waals surface area contributed by atoms with Crippen molar-refractivity contribution >= 4 is 29.7 Å². The van der Waals surface area contributed by atoms with Crippen LogP contribution in [0.4, 0.5) is 0 Å². The fourth-order valence-corrected chi connectivity index (χ4v) is 2.77. The van der Waals surface area contributed by atoms with Crippen LogP contribution >= 0.6 is 23.7 Å². The van der Waals surface area contributed by atoms with E-state index in [0.717, 1.165) is 16.1 Å². The highest BCUT2D eigenvalue weighted by molar-refractivity contribution is 7.09. The number of aryl methyl sites for hydroxylation is 1. The van der Waals surface area contributed by atoms with Crippen molar-refractivity contribution in [1.82, 2.24) is 9.88 Å². The fourth-order valence-electron chi connectivity index (χ4n) is 2.12. The highest BCUT2D eigenvalue weighted by Gasteiger charge is 2.20. The van der Waals surface area contributed by atoms with Gasteiger partial charge >= 0.3 is 0 Å². The lowest BCUT2D eigenvalue weighted by Gasteiger charge is -2.23. The smallest absolute Gasteiger partial charge is 0.273 e. The summed E-state index contributed by atoms with van der Waals surface area (Å²) < 4.78 is 0. The van der Waals surface area contributed by atoms with Crippen molar-refractivity contribution < 1.29 is 9.90 Å². The summed E-state index contributed by atoms with van der Waals surface area (Å²) in [5.74, 6) is -0.176. The molecule has 7 heteroatoms. The number of nitrogens with zero attached hydrogens (tertiary/aromatic N) is 2. The Labute approximate surface area is 146 Å². The number of rotatable bonds is 6. The predicted octanol–water partition coefficient (Wildman–Crippen LogP) is 2.53. The molecule has 0 saturated heterocycles. The lowest BCUT2D eigenvalue weighted by atomic mass is 10.1. The Hall–Kier alpha value is -1.47. The first-order valence-corrected chi connectivity index (χ1v) is 8.11. The lowest BCUT2D eigenvalue weighted by molar-refractivity contribution is 0.0630. The molecule has 23 heavy (non-hydrogen) atoms. The van der Waals surface area contributed by atoms with Crippen molar-refractivity contribution in [3.63, 3.8) is 0 Å². The van der Waals surface area contributed by atoms with Crippen LogP contribution in [0.1, 0.15) is 39.7 Å². The Balaban J connectivity index is 0.00000264. The lowest BCUT2D eigenvalue weighted by Crippen LogP contribution is -2.34. The SMILES string of the molecule is CCN(CC(O)c1ccc(C)cc1)C(=O)c1csc(CN)n1.Cl. The van der Waals surface area contributed by atoms with E-state index in [2.05, 4.69) is 4.98 Å². The molecule has 0 aliphatic rings. The molecule has 0 fully saturated rings. The van der Waals surface area contributed by atoms with E-state index < -0.39 is 6.10 Å². The molecule has 0 aliphatic carbocycles. The van der Waals surface area contributed by atoms with Crippen molar-refractivity contribution in [2.24, 2.45) is 5.73 Å². The molecule has 3 N–H and O–H groups in total. The third kappa shape index (κ3) is 5.00. The van der Waals surface area contributed by atoms with Crippen molar-refractivity contribution in [2.45, 2.75) is 26.5 Å². The number of hydrogen-bond donors (Lipinski definition) is 2. The number of aliphatic hydroxyl groups excluding tert-OH is 1. The predicted molar refractivity (Wildman–Crippen MR) is 95.0 cm³/mol. The van der Waals surface area contributed by atoms with E-state index in [1.807, 2.05) is 38.1 Å². The van der Waals surface area contributed by atoms with E-state index in [0.29, 0.717) is 18.8 Å². The van der Waals surface area contributed by atoms with Gasteiger partial charge in [0.15, 0.2) is 0 Å². The second-order valence-electron chi connectivity index (χ2n) is 5.10. The van der Waals surface area contributed by atoms with E-state index in [9.17, 15) is 9.90 Å². The molecule has 0 bridgehead atoms. The zero-order valence-corrected chi connectivity index (χ0v) is 14.9. The molecule has 1 aromatic heterocycles. The normalized spacial score (nSPS) is 11.7. The summed E-state index contributed by atoms with van der Waals surface area (Å²) in [4.78, 5) is 18.3. The van der Waals surface area contributed by atoms with Crippen molar-refractivity contribution in [2.75, 3.05) is 13.1 Å². The largest absolute Gasteiger partial charge is 0.387 e. The van der Waals surface area contributed by atoms with E-state index in [-0.39, 0.29) is 24.9 Å². The van der Waals surface area contributed by atoms with Crippen LogP contribution in [-0.4, -0.2) is 34.0 Å². The van der Waals surface area contributed by atoms with Gasteiger partial charge in [0.2, 0.25) is 0 Å². The second-order valence-corrected chi connectivity index (χ2v) is 6.04. The first-order valence-electron chi connectivity index (χ1n) is 7.23. The van der Waals surface area contributed by atoms with E-state index in [1.165, 1.54) is 11.3 Å². The molecule has 0 radical (unpaired) electrons. The molecule has 5 nitrogen and oxygen atoms in total. The molecular weight excluding hydrogens is 334 g/mol. The van der Waals surface area contributed by atoms with Gasteiger partial charge in [-0.1, -0.05) is 29.8 Å². The molecular formula is C16H22ClN3O2S. The van der Waals surface area contributed by atoms with Crippen molar-refractivity contribution in [1.29, 1.82) is 0 Å². The topological polar surface area (TPSA) is 79.5 Å². The van der Waals surface area contributed by atoms with Crippen LogP contribution in [0.15, 0.2) is 29.6 Å². The fraction of sp³-hybridized carbons (Fsp3) is 0.375. The maximum Gasteiger partial charge on any atom is 0.273 e. The highest BCUT2D eigenvalue weighted by Crippen LogP contribution is 2.17. The molecule has 1 unspecified atom stereocenters. The Bertz CT molecular complexity index is 631. The molecule has 126 valence electrons. The minimum Gasteiger partial charge on any atom is -0.387 e. The quantitative estimate of drug-likeness (QED) is 0.834. The van der Waals surface area contributed by atoms with Crippen LogP contribution in [0, 0.1) is 6.92 Å². The Kier molecular flexibility index (Phi) is 7.64. The molecule has 0 spiro atoms. The van der Waals surface area contributed by atoms with Crippen LogP contribution in [0.25, 0.3) is 0 Å². The maximum absolute atomic E-state index is 12.4. The number of halogens is 1. The molecule has 0 aliphatic heterocycles. The number of carbonyl (C=O) groups is 1. The van der Waals surface area contributed by atoms with Crippen LogP contribution in [-0.2, 0) is 6.54 Å². The summed E-state index contributed by atoms with van der Waals surface area (Å²) in [6.45, 7) is 4.96.